The maximum atomic E-state index is 12.2. The first-order valence-electron chi connectivity index (χ1n) is 11.5. The summed E-state index contributed by atoms with van der Waals surface area (Å²) in [6.07, 6.45) is 7.99. The van der Waals surface area contributed by atoms with Crippen molar-refractivity contribution in [3.63, 3.8) is 0 Å². The van der Waals surface area contributed by atoms with E-state index < -0.39 is 0 Å². The monoisotopic (exact) mass is 576 g/mol. The number of phenols is 2. The molecule has 1 aliphatic carbocycles. The first kappa shape index (κ1) is 35.6. The summed E-state index contributed by atoms with van der Waals surface area (Å²) in [5.74, 6) is 0.984. The molecule has 0 bridgehead atoms. The molecule has 1 radical (unpaired) electrons. The number of rotatable bonds is 7. The van der Waals surface area contributed by atoms with Crippen molar-refractivity contribution < 1.29 is 51.1 Å². The molecule has 3 aromatic rings. The van der Waals surface area contributed by atoms with Crippen LogP contribution in [0.4, 0.5) is 0 Å². The van der Waals surface area contributed by atoms with Crippen molar-refractivity contribution in [2.24, 2.45) is 0 Å². The SMILES string of the molecule is CC/C(=C(/c1ccc(O)cc1)c1ccc(OCC([O-])=C2C=CC=C2)cc1)c1ccc(O)cc1.[C-]#[O+].[C-]#[O+].[C-]#[O+].[Mn]. The molecule has 7 nitrogen and oxygen atoms in total. The zero-order chi connectivity index (χ0) is 29.2. The van der Waals surface area contributed by atoms with Gasteiger partial charge in [-0.15, -0.1) is 0 Å². The molecule has 1 aliphatic rings. The first-order chi connectivity index (χ1) is 19.0. The van der Waals surface area contributed by atoms with Gasteiger partial charge in [-0.05, 0) is 76.2 Å². The molecule has 40 heavy (non-hydrogen) atoms. The van der Waals surface area contributed by atoms with Gasteiger partial charge in [0.1, 0.15) is 17.2 Å². The molecular formula is C32H25MnO7-. The van der Waals surface area contributed by atoms with Crippen molar-refractivity contribution in [1.29, 1.82) is 0 Å². The minimum atomic E-state index is -0.0608. The summed E-state index contributed by atoms with van der Waals surface area (Å²) in [5, 5.41) is 31.7. The molecular weight excluding hydrogens is 551 g/mol. The summed E-state index contributed by atoms with van der Waals surface area (Å²) >= 11 is 0. The van der Waals surface area contributed by atoms with E-state index in [0.717, 1.165) is 34.3 Å². The van der Waals surface area contributed by atoms with Gasteiger partial charge in [-0.3, -0.25) is 0 Å². The van der Waals surface area contributed by atoms with E-state index in [1.807, 2.05) is 60.7 Å². The van der Waals surface area contributed by atoms with Crippen LogP contribution in [0.15, 0.2) is 108 Å². The maximum Gasteiger partial charge on any atom is 0 e. The van der Waals surface area contributed by atoms with E-state index in [-0.39, 0.29) is 40.9 Å². The van der Waals surface area contributed by atoms with Gasteiger partial charge in [0.15, 0.2) is 0 Å². The fourth-order valence-corrected chi connectivity index (χ4v) is 3.84. The quantitative estimate of drug-likeness (QED) is 0.127. The summed E-state index contributed by atoms with van der Waals surface area (Å²) in [4.78, 5) is 0. The molecule has 0 saturated carbocycles. The van der Waals surface area contributed by atoms with Gasteiger partial charge in [0.25, 0.3) is 0 Å². The normalized spacial score (nSPS) is 11.0. The summed E-state index contributed by atoms with van der Waals surface area (Å²) in [6.45, 7) is 15.6. The van der Waals surface area contributed by atoms with Crippen molar-refractivity contribution in [3.05, 3.63) is 145 Å². The van der Waals surface area contributed by atoms with Crippen molar-refractivity contribution in [3.8, 4) is 17.2 Å². The van der Waals surface area contributed by atoms with Crippen molar-refractivity contribution in [2.75, 3.05) is 6.61 Å². The molecule has 8 heteroatoms. The van der Waals surface area contributed by atoms with Gasteiger partial charge in [-0.2, -0.15) is 0 Å². The smallest absolute Gasteiger partial charge is 0 e. The van der Waals surface area contributed by atoms with Crippen LogP contribution >= 0.6 is 0 Å². The number of hydrogen-bond acceptors (Lipinski definition) is 4. The zero-order valence-corrected chi connectivity index (χ0v) is 22.6. The maximum absolute atomic E-state index is 12.2. The molecule has 0 spiro atoms. The Kier molecular flexibility index (Phi) is 17.4. The summed E-state index contributed by atoms with van der Waals surface area (Å²) in [7, 11) is 0. The van der Waals surface area contributed by atoms with E-state index in [0.29, 0.717) is 11.3 Å². The third-order valence-electron chi connectivity index (χ3n) is 5.52. The third-order valence-corrected chi connectivity index (χ3v) is 5.52. The Morgan fingerprint density at radius 2 is 1.10 bits per heavy atom. The van der Waals surface area contributed by atoms with Gasteiger partial charge < -0.3 is 20.1 Å². The summed E-state index contributed by atoms with van der Waals surface area (Å²) in [5.41, 5.74) is 5.76. The Morgan fingerprint density at radius 1 is 0.700 bits per heavy atom. The number of benzene rings is 3. The van der Waals surface area contributed by atoms with Gasteiger partial charge >= 0.3 is 33.9 Å². The molecule has 4 rings (SSSR count). The largest absolute Gasteiger partial charge is 0 e. The van der Waals surface area contributed by atoms with Crippen LogP contribution in [0.3, 0.4) is 0 Å². The molecule has 0 atom stereocenters. The third kappa shape index (κ3) is 10.0. The minimum absolute atomic E-state index is 0. The molecule has 0 fully saturated rings. The van der Waals surface area contributed by atoms with Crippen LogP contribution in [-0.4, -0.2) is 16.8 Å². The van der Waals surface area contributed by atoms with Crippen LogP contribution in [0.2, 0.25) is 0 Å². The van der Waals surface area contributed by atoms with E-state index >= 15 is 0 Å². The van der Waals surface area contributed by atoms with Crippen molar-refractivity contribution in [1.82, 2.24) is 0 Å². The average Bonchev–Trinajstić information content (AvgIpc) is 3.55. The molecule has 0 aliphatic heterocycles. The first-order valence-corrected chi connectivity index (χ1v) is 11.5. The second-order valence-corrected chi connectivity index (χ2v) is 7.71. The molecule has 3 aromatic carbocycles. The summed E-state index contributed by atoms with van der Waals surface area (Å²) < 4.78 is 28.2. The molecule has 0 unspecified atom stereocenters. The van der Waals surface area contributed by atoms with E-state index in [1.165, 1.54) is 0 Å². The Labute approximate surface area is 244 Å². The van der Waals surface area contributed by atoms with E-state index in [2.05, 4.69) is 26.9 Å². The van der Waals surface area contributed by atoms with Crippen LogP contribution in [0.1, 0.15) is 30.0 Å². The fraction of sp³-hybridized carbons (Fsp3) is 0.0938. The fourth-order valence-electron chi connectivity index (χ4n) is 3.84. The van der Waals surface area contributed by atoms with E-state index in [1.54, 1.807) is 36.4 Å². The van der Waals surface area contributed by atoms with Gasteiger partial charge in [0, 0.05) is 17.1 Å². The van der Waals surface area contributed by atoms with Crippen LogP contribution < -0.4 is 9.84 Å². The van der Waals surface area contributed by atoms with Gasteiger partial charge in [-0.1, -0.05) is 73.4 Å². The van der Waals surface area contributed by atoms with E-state index in [9.17, 15) is 15.3 Å². The van der Waals surface area contributed by atoms with Gasteiger partial charge in [0.05, 0.1) is 6.61 Å². The predicted molar refractivity (Wildman–Crippen MR) is 141 cm³/mol. The number of aromatic hydroxyl groups is 2. The van der Waals surface area contributed by atoms with E-state index in [4.69, 9.17) is 18.7 Å². The minimum Gasteiger partial charge on any atom is 0 e. The molecule has 203 valence electrons. The standard InChI is InChI=1S/C29H26O4.3CO.Mn/c1-2-27(20-7-13-24(30)14-8-20)29(22-9-15-25(31)16-10-22)23-11-17-26(18-12-23)33-19-28(32)21-5-3-4-6-21;3*1-2;/h3-18,30-32H,2,19H2,1H3;;;;/p-1/b29-27+;;;;. The number of phenolic OH excluding ortho intramolecular Hbond substituents is 2. The topological polar surface area (TPSA) is 132 Å². The van der Waals surface area contributed by atoms with Crippen molar-refractivity contribution in [2.45, 2.75) is 13.3 Å². The van der Waals surface area contributed by atoms with Crippen LogP contribution in [-0.2, 0) is 31.0 Å². The van der Waals surface area contributed by atoms with Crippen LogP contribution in [0.25, 0.3) is 11.1 Å². The second kappa shape index (κ2) is 19.6. The van der Waals surface area contributed by atoms with Gasteiger partial charge in [-0.25, -0.2) is 0 Å². The molecule has 0 heterocycles. The van der Waals surface area contributed by atoms with Crippen molar-refractivity contribution >= 4 is 11.1 Å². The zero-order valence-electron chi connectivity index (χ0n) is 21.5. The second-order valence-electron chi connectivity index (χ2n) is 7.71. The Bertz CT molecular complexity index is 1350. The predicted octanol–water partition coefficient (Wildman–Crippen LogP) is 5.47. The molecule has 0 aromatic heterocycles. The van der Waals surface area contributed by atoms with Crippen LogP contribution in [0.5, 0.6) is 17.2 Å². The molecule has 0 saturated heterocycles. The van der Waals surface area contributed by atoms with Gasteiger partial charge in [0.2, 0.25) is 0 Å². The Hall–Kier alpha value is -4.44. The number of allylic oxidation sites excluding steroid dienone is 6. The molecule has 2 N–H and O–H groups in total. The Balaban J connectivity index is 0.00000204. The Morgan fingerprint density at radius 3 is 1.52 bits per heavy atom. The average molecular weight is 576 g/mol. The molecule has 0 amide bonds. The summed E-state index contributed by atoms with van der Waals surface area (Å²) in [6, 6.07) is 22.0. The number of ether oxygens (including phenoxy) is 1. The van der Waals surface area contributed by atoms with Crippen LogP contribution in [0, 0.1) is 20.0 Å². The number of hydrogen-bond donors (Lipinski definition) is 2.